The fourth-order valence-corrected chi connectivity index (χ4v) is 6.20. The number of benzene rings is 2. The molecule has 2 saturated heterocycles. The van der Waals surface area contributed by atoms with E-state index in [4.69, 9.17) is 11.6 Å². The molecule has 0 unspecified atom stereocenters. The van der Waals surface area contributed by atoms with Crippen molar-refractivity contribution >= 4 is 34.0 Å². The maximum atomic E-state index is 14.3. The van der Waals surface area contributed by atoms with E-state index in [0.29, 0.717) is 17.0 Å². The summed E-state index contributed by atoms with van der Waals surface area (Å²) in [6, 6.07) is 8.65. The number of ketones is 1. The number of hydrogen-bond acceptors (Lipinski definition) is 5. The topological polar surface area (TPSA) is 56.7 Å². The van der Waals surface area contributed by atoms with Gasteiger partial charge >= 0.3 is 0 Å². The van der Waals surface area contributed by atoms with Gasteiger partial charge in [0.1, 0.15) is 0 Å². The average Bonchev–Trinajstić information content (AvgIpc) is 3.64. The van der Waals surface area contributed by atoms with Crippen molar-refractivity contribution in [2.45, 2.75) is 44.9 Å². The molecule has 2 aliphatic heterocycles. The molecule has 5 nitrogen and oxygen atoms in total. The van der Waals surface area contributed by atoms with E-state index in [2.05, 4.69) is 14.8 Å². The molecule has 7 heteroatoms. The molecule has 0 radical (unpaired) electrons. The van der Waals surface area contributed by atoms with Gasteiger partial charge in [0.25, 0.3) is 0 Å². The van der Waals surface area contributed by atoms with Crippen molar-refractivity contribution in [3.05, 3.63) is 52.9 Å². The maximum Gasteiger partial charge on any atom is 0.170 e. The normalized spacial score (nSPS) is 19.1. The summed E-state index contributed by atoms with van der Waals surface area (Å²) < 4.78 is 14.3. The minimum absolute atomic E-state index is 0.0258. The Labute approximate surface area is 222 Å². The number of halogens is 2. The number of likely N-dealkylation sites (tertiary alicyclic amines) is 1. The van der Waals surface area contributed by atoms with E-state index in [1.54, 1.807) is 12.3 Å². The number of phenolic OH excluding ortho intramolecular Hbond substituents is 1. The number of phenols is 1. The number of carbonyl (C=O) groups is 1. The van der Waals surface area contributed by atoms with Crippen LogP contribution < -0.4 is 4.90 Å². The Balaban J connectivity index is 1.33. The first-order valence-electron chi connectivity index (χ1n) is 13.6. The molecule has 2 aromatic carbocycles. The van der Waals surface area contributed by atoms with Crippen molar-refractivity contribution in [3.8, 4) is 16.9 Å². The first-order chi connectivity index (χ1) is 18.0. The van der Waals surface area contributed by atoms with Crippen LogP contribution in [0.4, 0.5) is 10.1 Å². The van der Waals surface area contributed by atoms with Gasteiger partial charge in [-0.05, 0) is 106 Å². The number of pyridine rings is 1. The molecule has 0 bridgehead atoms. The molecule has 37 heavy (non-hydrogen) atoms. The molecule has 6 rings (SSSR count). The van der Waals surface area contributed by atoms with Crippen LogP contribution in [0.1, 0.15) is 55.3 Å². The lowest BCUT2D eigenvalue weighted by molar-refractivity contribution is 0.0968. The van der Waals surface area contributed by atoms with Gasteiger partial charge in [0.2, 0.25) is 0 Å². The third-order valence-corrected chi connectivity index (χ3v) is 8.67. The number of aromatic nitrogens is 1. The molecule has 3 aromatic rings. The first kappa shape index (κ1) is 24.6. The van der Waals surface area contributed by atoms with E-state index in [0.717, 1.165) is 60.9 Å². The lowest BCUT2D eigenvalue weighted by Crippen LogP contribution is -2.36. The standard InChI is InChI=1S/C30H33ClFN3O2/c31-25-16-22(17-26(32)30(25)37)21-5-6-27-23(15-21)28(24(18-33-27)29(36)20-3-4-20)35-13-8-19(9-14-35)7-12-34-10-1-2-11-34/h5-6,15-20,37H,1-4,7-14H2. The summed E-state index contributed by atoms with van der Waals surface area (Å²) in [7, 11) is 0. The van der Waals surface area contributed by atoms with Gasteiger partial charge in [-0.2, -0.15) is 0 Å². The zero-order valence-corrected chi connectivity index (χ0v) is 21.8. The lowest BCUT2D eigenvalue weighted by Gasteiger charge is -2.36. The zero-order chi connectivity index (χ0) is 25.5. The van der Waals surface area contributed by atoms with Crippen molar-refractivity contribution in [2.75, 3.05) is 37.6 Å². The number of anilines is 1. The highest BCUT2D eigenvalue weighted by molar-refractivity contribution is 6.32. The van der Waals surface area contributed by atoms with Crippen LogP contribution in [0.3, 0.4) is 0 Å². The third-order valence-electron chi connectivity index (χ3n) is 8.39. The van der Waals surface area contributed by atoms with Crippen molar-refractivity contribution in [1.29, 1.82) is 0 Å². The number of fused-ring (bicyclic) bond motifs is 1. The molecule has 194 valence electrons. The number of rotatable bonds is 7. The second kappa shape index (κ2) is 10.2. The maximum absolute atomic E-state index is 14.3. The van der Waals surface area contributed by atoms with Crippen molar-refractivity contribution < 1.29 is 14.3 Å². The molecule has 1 N–H and O–H groups in total. The highest BCUT2D eigenvalue weighted by Gasteiger charge is 2.34. The zero-order valence-electron chi connectivity index (χ0n) is 21.1. The fraction of sp³-hybridized carbons (Fsp3) is 0.467. The van der Waals surface area contributed by atoms with Crippen LogP contribution in [0.5, 0.6) is 5.75 Å². The minimum Gasteiger partial charge on any atom is -0.504 e. The van der Waals surface area contributed by atoms with Gasteiger partial charge in [0.05, 0.1) is 21.8 Å². The van der Waals surface area contributed by atoms with E-state index < -0.39 is 11.6 Å². The quantitative estimate of drug-likeness (QED) is 0.351. The largest absolute Gasteiger partial charge is 0.504 e. The molecule has 1 aromatic heterocycles. The molecular weight excluding hydrogens is 489 g/mol. The van der Waals surface area contributed by atoms with E-state index in [1.807, 2.05) is 18.2 Å². The molecule has 1 saturated carbocycles. The summed E-state index contributed by atoms with van der Waals surface area (Å²) in [5, 5.41) is 10.7. The Hall–Kier alpha value is -2.70. The van der Waals surface area contributed by atoms with Gasteiger partial charge in [-0.25, -0.2) is 4.39 Å². The molecule has 0 amide bonds. The Morgan fingerprint density at radius 1 is 1.03 bits per heavy atom. The molecular formula is C30H33ClFN3O2. The van der Waals surface area contributed by atoms with Crippen LogP contribution in [0.25, 0.3) is 22.0 Å². The molecule has 0 spiro atoms. The lowest BCUT2D eigenvalue weighted by atomic mass is 9.91. The third kappa shape index (κ3) is 5.06. The SMILES string of the molecule is O=C(c1cnc2ccc(-c3cc(F)c(O)c(Cl)c3)cc2c1N1CCC(CCN2CCCC2)CC1)C1CC1. The summed E-state index contributed by atoms with van der Waals surface area (Å²) in [5.74, 6) is -0.299. The second-order valence-corrected chi connectivity index (χ2v) is 11.4. The van der Waals surface area contributed by atoms with Crippen LogP contribution >= 0.6 is 11.6 Å². The Morgan fingerprint density at radius 2 is 1.78 bits per heavy atom. The summed E-state index contributed by atoms with van der Waals surface area (Å²) in [5.41, 5.74) is 3.83. The fourth-order valence-electron chi connectivity index (χ4n) is 5.99. The van der Waals surface area contributed by atoms with Crippen LogP contribution in [-0.4, -0.2) is 53.5 Å². The van der Waals surface area contributed by atoms with E-state index >= 15 is 0 Å². The second-order valence-electron chi connectivity index (χ2n) is 10.9. The smallest absolute Gasteiger partial charge is 0.170 e. The Kier molecular flexibility index (Phi) is 6.80. The van der Waals surface area contributed by atoms with Crippen molar-refractivity contribution in [2.24, 2.45) is 11.8 Å². The Morgan fingerprint density at radius 3 is 2.49 bits per heavy atom. The summed E-state index contributed by atoms with van der Waals surface area (Å²) in [6.45, 7) is 5.51. The average molecular weight is 522 g/mol. The number of nitrogens with zero attached hydrogens (tertiary/aromatic N) is 3. The predicted molar refractivity (Wildman–Crippen MR) is 146 cm³/mol. The van der Waals surface area contributed by atoms with Crippen LogP contribution in [-0.2, 0) is 0 Å². The highest BCUT2D eigenvalue weighted by Crippen LogP contribution is 2.41. The molecule has 3 heterocycles. The number of piperidine rings is 1. The molecule has 3 fully saturated rings. The minimum atomic E-state index is -0.755. The highest BCUT2D eigenvalue weighted by atomic mass is 35.5. The number of aromatic hydroxyl groups is 1. The van der Waals surface area contributed by atoms with Gasteiger partial charge in [0, 0.05) is 30.6 Å². The van der Waals surface area contributed by atoms with E-state index in [-0.39, 0.29) is 16.7 Å². The van der Waals surface area contributed by atoms with Gasteiger partial charge in [-0.3, -0.25) is 9.78 Å². The molecule has 1 aliphatic carbocycles. The van der Waals surface area contributed by atoms with Crippen molar-refractivity contribution in [1.82, 2.24) is 9.88 Å². The predicted octanol–water partition coefficient (Wildman–Crippen LogP) is 6.69. The van der Waals surface area contributed by atoms with Crippen LogP contribution in [0.15, 0.2) is 36.5 Å². The monoisotopic (exact) mass is 521 g/mol. The van der Waals surface area contributed by atoms with Gasteiger partial charge in [-0.15, -0.1) is 0 Å². The Bertz CT molecular complexity index is 1300. The summed E-state index contributed by atoms with van der Waals surface area (Å²) >= 11 is 6.07. The molecule has 3 aliphatic rings. The summed E-state index contributed by atoms with van der Waals surface area (Å²) in [4.78, 5) is 23.0. The van der Waals surface area contributed by atoms with Gasteiger partial charge in [-0.1, -0.05) is 17.7 Å². The number of hydrogen-bond donors (Lipinski definition) is 1. The van der Waals surface area contributed by atoms with Crippen LogP contribution in [0.2, 0.25) is 5.02 Å². The van der Waals surface area contributed by atoms with Crippen LogP contribution in [0, 0.1) is 17.7 Å². The van der Waals surface area contributed by atoms with Gasteiger partial charge in [0.15, 0.2) is 17.3 Å². The van der Waals surface area contributed by atoms with Gasteiger partial charge < -0.3 is 14.9 Å². The van der Waals surface area contributed by atoms with E-state index in [9.17, 15) is 14.3 Å². The number of Topliss-reactive ketones (excluding diaryl/α,β-unsaturated/α-hetero) is 1. The molecule has 0 atom stereocenters. The first-order valence-corrected chi connectivity index (χ1v) is 14.0. The number of carbonyl (C=O) groups excluding carboxylic acids is 1. The van der Waals surface area contributed by atoms with Crippen molar-refractivity contribution in [3.63, 3.8) is 0 Å². The summed E-state index contributed by atoms with van der Waals surface area (Å²) in [6.07, 6.45) is 9.79. The van der Waals surface area contributed by atoms with E-state index in [1.165, 1.54) is 45.0 Å².